The van der Waals surface area contributed by atoms with E-state index in [-0.39, 0.29) is 15.6 Å². The van der Waals surface area contributed by atoms with Gasteiger partial charge in [0.15, 0.2) is 17.5 Å². The van der Waals surface area contributed by atoms with Crippen LogP contribution in [0.5, 0.6) is 0 Å². The van der Waals surface area contributed by atoms with Gasteiger partial charge in [0, 0.05) is 5.56 Å². The monoisotopic (exact) mass is 319 g/mol. The summed E-state index contributed by atoms with van der Waals surface area (Å²) in [5.41, 5.74) is -0.372. The quantitative estimate of drug-likeness (QED) is 0.801. The molecule has 0 aromatic heterocycles. The second kappa shape index (κ2) is 5.73. The molecule has 0 saturated heterocycles. The Morgan fingerprint density at radius 1 is 0.950 bits per heavy atom. The lowest BCUT2D eigenvalue weighted by Crippen LogP contribution is -2.13. The molecular weight excluding hydrogens is 314 g/mol. The largest absolute Gasteiger partial charge is 0.319 e. The summed E-state index contributed by atoms with van der Waals surface area (Å²) in [6.45, 7) is 0. The number of hydrogen-bond donors (Lipinski definition) is 1. The third-order valence-corrected chi connectivity index (χ3v) is 3.20. The van der Waals surface area contributed by atoms with Crippen LogP contribution in [0.25, 0.3) is 0 Å². The van der Waals surface area contributed by atoms with Gasteiger partial charge in [-0.15, -0.1) is 0 Å². The molecule has 0 aliphatic rings. The van der Waals surface area contributed by atoms with Crippen LogP contribution in [0, 0.1) is 17.5 Å². The smallest absolute Gasteiger partial charge is 0.255 e. The summed E-state index contributed by atoms with van der Waals surface area (Å²) in [4.78, 5) is 11.8. The molecule has 1 N–H and O–H groups in total. The summed E-state index contributed by atoms with van der Waals surface area (Å²) in [6, 6.07) is 5.66. The van der Waals surface area contributed by atoms with Crippen molar-refractivity contribution in [3.8, 4) is 0 Å². The fourth-order valence-corrected chi connectivity index (χ4v) is 1.75. The molecule has 104 valence electrons. The minimum absolute atomic E-state index is 0.100. The molecule has 0 aliphatic carbocycles. The predicted molar refractivity (Wildman–Crippen MR) is 70.7 cm³/mol. The average Bonchev–Trinajstić information content (AvgIpc) is 2.42. The van der Waals surface area contributed by atoms with E-state index in [0.29, 0.717) is 6.07 Å². The molecule has 2 aromatic rings. The van der Waals surface area contributed by atoms with Crippen LogP contribution in [0.1, 0.15) is 10.4 Å². The third kappa shape index (κ3) is 2.89. The van der Waals surface area contributed by atoms with Crippen molar-refractivity contribution in [2.75, 3.05) is 5.32 Å². The van der Waals surface area contributed by atoms with Crippen LogP contribution in [0.2, 0.25) is 10.0 Å². The fraction of sp³-hybridized carbons (Fsp3) is 0. The van der Waals surface area contributed by atoms with Crippen LogP contribution in [-0.4, -0.2) is 5.91 Å². The number of anilines is 1. The molecule has 0 bridgehead atoms. The summed E-state index contributed by atoms with van der Waals surface area (Å²) in [6.07, 6.45) is 0. The molecule has 0 radical (unpaired) electrons. The highest BCUT2D eigenvalue weighted by Crippen LogP contribution is 2.24. The van der Waals surface area contributed by atoms with Gasteiger partial charge in [-0.25, -0.2) is 13.2 Å². The summed E-state index contributed by atoms with van der Waals surface area (Å²) < 4.78 is 39.2. The topological polar surface area (TPSA) is 29.1 Å². The minimum Gasteiger partial charge on any atom is -0.319 e. The van der Waals surface area contributed by atoms with Crippen molar-refractivity contribution in [1.82, 2.24) is 0 Å². The van der Waals surface area contributed by atoms with E-state index in [1.165, 1.54) is 18.2 Å². The number of benzene rings is 2. The second-order valence-electron chi connectivity index (χ2n) is 3.81. The zero-order valence-corrected chi connectivity index (χ0v) is 11.2. The van der Waals surface area contributed by atoms with Crippen LogP contribution in [0.15, 0.2) is 30.3 Å². The number of nitrogens with one attached hydrogen (secondary N) is 1. The van der Waals surface area contributed by atoms with Gasteiger partial charge in [-0.1, -0.05) is 23.2 Å². The maximum atomic E-state index is 13.4. The van der Waals surface area contributed by atoms with Crippen LogP contribution in [0.3, 0.4) is 0 Å². The molecule has 0 unspecified atom stereocenters. The van der Waals surface area contributed by atoms with Crippen molar-refractivity contribution in [2.24, 2.45) is 0 Å². The van der Waals surface area contributed by atoms with Gasteiger partial charge in [0.2, 0.25) is 0 Å². The van der Waals surface area contributed by atoms with Crippen LogP contribution >= 0.6 is 23.2 Å². The Morgan fingerprint density at radius 2 is 1.65 bits per heavy atom. The number of carbonyl (C=O) groups excluding carboxylic acids is 1. The number of hydrogen-bond acceptors (Lipinski definition) is 1. The second-order valence-corrected chi connectivity index (χ2v) is 4.62. The summed E-state index contributed by atoms with van der Waals surface area (Å²) in [5, 5.41) is 2.51. The first kappa shape index (κ1) is 14.7. The highest BCUT2D eigenvalue weighted by Gasteiger charge is 2.16. The van der Waals surface area contributed by atoms with Crippen molar-refractivity contribution >= 4 is 34.8 Å². The highest BCUT2D eigenvalue weighted by molar-refractivity contribution is 6.42. The first-order valence-electron chi connectivity index (χ1n) is 5.30. The van der Waals surface area contributed by atoms with Crippen molar-refractivity contribution < 1.29 is 18.0 Å². The Kier molecular flexibility index (Phi) is 4.20. The molecule has 7 heteroatoms. The SMILES string of the molecule is O=C(Nc1ccc(F)c(F)c1F)c1ccc(Cl)c(Cl)c1. The Labute approximate surface area is 122 Å². The molecule has 2 nitrogen and oxygen atoms in total. The lowest BCUT2D eigenvalue weighted by Gasteiger charge is -2.08. The number of carbonyl (C=O) groups is 1. The molecule has 0 atom stereocenters. The Morgan fingerprint density at radius 3 is 2.30 bits per heavy atom. The van der Waals surface area contributed by atoms with Gasteiger partial charge in [0.1, 0.15) is 0 Å². The maximum Gasteiger partial charge on any atom is 0.255 e. The van der Waals surface area contributed by atoms with Crippen LogP contribution in [0.4, 0.5) is 18.9 Å². The molecule has 0 spiro atoms. The van der Waals surface area contributed by atoms with E-state index in [1.807, 2.05) is 0 Å². The highest BCUT2D eigenvalue weighted by atomic mass is 35.5. The molecule has 2 aromatic carbocycles. The van der Waals surface area contributed by atoms with E-state index < -0.39 is 29.0 Å². The van der Waals surface area contributed by atoms with Crippen molar-refractivity contribution in [2.45, 2.75) is 0 Å². The lowest BCUT2D eigenvalue weighted by atomic mass is 10.2. The van der Waals surface area contributed by atoms with Gasteiger partial charge in [-0.2, -0.15) is 0 Å². The van der Waals surface area contributed by atoms with E-state index in [9.17, 15) is 18.0 Å². The van der Waals surface area contributed by atoms with Gasteiger partial charge in [0.05, 0.1) is 15.7 Å². The average molecular weight is 320 g/mol. The Balaban J connectivity index is 2.28. The fourth-order valence-electron chi connectivity index (χ4n) is 1.45. The van der Waals surface area contributed by atoms with Gasteiger partial charge in [-0.3, -0.25) is 4.79 Å². The molecule has 1 amide bonds. The van der Waals surface area contributed by atoms with Gasteiger partial charge >= 0.3 is 0 Å². The molecule has 0 saturated carbocycles. The van der Waals surface area contributed by atoms with Crippen molar-refractivity contribution in [3.05, 3.63) is 63.4 Å². The van der Waals surface area contributed by atoms with Crippen molar-refractivity contribution in [3.63, 3.8) is 0 Å². The molecule has 0 heterocycles. The number of rotatable bonds is 2. The molecule has 2 rings (SSSR count). The van der Waals surface area contributed by atoms with Gasteiger partial charge in [0.25, 0.3) is 5.91 Å². The minimum atomic E-state index is -1.66. The summed E-state index contributed by atoms with van der Waals surface area (Å²) in [7, 11) is 0. The number of amides is 1. The normalized spacial score (nSPS) is 10.4. The van der Waals surface area contributed by atoms with Gasteiger partial charge in [-0.05, 0) is 30.3 Å². The summed E-state index contributed by atoms with van der Waals surface area (Å²) >= 11 is 11.4. The first-order valence-corrected chi connectivity index (χ1v) is 6.05. The zero-order valence-electron chi connectivity index (χ0n) is 9.68. The van der Waals surface area contributed by atoms with E-state index in [1.54, 1.807) is 0 Å². The Hall–Kier alpha value is -1.72. The standard InChI is InChI=1S/C13H6Cl2F3NO/c14-7-2-1-6(5-8(7)15)13(20)19-10-4-3-9(16)11(17)12(10)18/h1-5H,(H,19,20). The van der Waals surface area contributed by atoms with E-state index >= 15 is 0 Å². The van der Waals surface area contributed by atoms with Gasteiger partial charge < -0.3 is 5.32 Å². The predicted octanol–water partition coefficient (Wildman–Crippen LogP) is 4.66. The molecular formula is C13H6Cl2F3NO. The summed E-state index contributed by atoms with van der Waals surface area (Å²) in [5.74, 6) is -5.20. The van der Waals surface area contributed by atoms with Crippen LogP contribution in [-0.2, 0) is 0 Å². The third-order valence-electron chi connectivity index (χ3n) is 2.47. The Bertz CT molecular complexity index is 692. The van der Waals surface area contributed by atoms with Crippen molar-refractivity contribution in [1.29, 1.82) is 0 Å². The molecule has 0 fully saturated rings. The molecule has 20 heavy (non-hydrogen) atoms. The number of halogens is 5. The van der Waals surface area contributed by atoms with E-state index in [4.69, 9.17) is 23.2 Å². The maximum absolute atomic E-state index is 13.4. The van der Waals surface area contributed by atoms with Crippen LogP contribution < -0.4 is 5.32 Å². The first-order chi connectivity index (χ1) is 9.40. The molecule has 0 aliphatic heterocycles. The lowest BCUT2D eigenvalue weighted by molar-refractivity contribution is 0.102. The van der Waals surface area contributed by atoms with E-state index in [2.05, 4.69) is 5.32 Å². The zero-order chi connectivity index (χ0) is 14.9. The van der Waals surface area contributed by atoms with E-state index in [0.717, 1.165) is 6.07 Å².